The number of carboxylic acids is 1. The number of hydrogen-bond donors (Lipinski definition) is 3. The van der Waals surface area contributed by atoms with Crippen molar-refractivity contribution in [1.82, 2.24) is 0 Å². The lowest BCUT2D eigenvalue weighted by Crippen LogP contribution is -1.99. The fourth-order valence-electron chi connectivity index (χ4n) is 2.06. The maximum atomic E-state index is 11.2. The van der Waals surface area contributed by atoms with Gasteiger partial charge in [-0.15, -0.1) is 0 Å². The first-order chi connectivity index (χ1) is 10.6. The van der Waals surface area contributed by atoms with Crippen LogP contribution in [0.4, 0.5) is 0 Å². The number of rotatable bonds is 5. The normalized spacial score (nSPS) is 9.50. The molecule has 5 heteroatoms. The molecule has 2 aromatic rings. The van der Waals surface area contributed by atoms with Crippen molar-refractivity contribution in [1.29, 1.82) is 0 Å². The van der Waals surface area contributed by atoms with E-state index in [1.165, 1.54) is 0 Å². The number of aliphatic hydroxyl groups is 1. The number of aromatic carboxylic acids is 1. The van der Waals surface area contributed by atoms with Gasteiger partial charge in [0.1, 0.15) is 0 Å². The van der Waals surface area contributed by atoms with Gasteiger partial charge in [-0.25, -0.2) is 4.79 Å². The summed E-state index contributed by atoms with van der Waals surface area (Å²) >= 11 is 0. The van der Waals surface area contributed by atoms with Crippen LogP contribution in [0.1, 0.15) is 22.3 Å². The maximum Gasteiger partial charge on any atom is 0.336 e. The quantitative estimate of drug-likeness (QED) is 0.736. The monoisotopic (exact) mass is 301 g/mol. The summed E-state index contributed by atoms with van der Waals surface area (Å²) in [5.41, 5.74) is 7.24. The van der Waals surface area contributed by atoms with E-state index in [1.807, 2.05) is 36.4 Å². The average Bonchev–Trinajstić information content (AvgIpc) is 2.54. The number of carbonyl (C=O) groups excluding carboxylic acids is 1. The van der Waals surface area contributed by atoms with Crippen molar-refractivity contribution in [2.45, 2.75) is 12.8 Å². The molecule has 0 atom stereocenters. The molecular formula is C17H19NO4. The molecule has 116 valence electrons. The van der Waals surface area contributed by atoms with E-state index in [9.17, 15) is 4.79 Å². The Labute approximate surface area is 129 Å². The van der Waals surface area contributed by atoms with Gasteiger partial charge in [-0.1, -0.05) is 42.5 Å². The van der Waals surface area contributed by atoms with Gasteiger partial charge < -0.3 is 15.9 Å². The lowest BCUT2D eigenvalue weighted by Gasteiger charge is -2.07. The van der Waals surface area contributed by atoms with Crippen LogP contribution in [-0.2, 0) is 11.2 Å². The van der Waals surface area contributed by atoms with Crippen molar-refractivity contribution in [2.75, 3.05) is 6.61 Å². The molecule has 0 aliphatic rings. The minimum Gasteiger partial charge on any atom is -0.478 e. The molecule has 0 saturated heterocycles. The van der Waals surface area contributed by atoms with Gasteiger partial charge >= 0.3 is 5.97 Å². The smallest absolute Gasteiger partial charge is 0.336 e. The molecule has 0 fully saturated rings. The third-order valence-corrected chi connectivity index (χ3v) is 3.05. The summed E-state index contributed by atoms with van der Waals surface area (Å²) in [6.45, 7) is 0.184. The number of carbonyl (C=O) groups is 2. The minimum atomic E-state index is -0.917. The van der Waals surface area contributed by atoms with Gasteiger partial charge in [0.2, 0.25) is 6.41 Å². The van der Waals surface area contributed by atoms with Gasteiger partial charge in [-0.3, -0.25) is 4.79 Å². The maximum absolute atomic E-state index is 11.2. The second kappa shape index (κ2) is 9.31. The molecule has 2 aromatic carbocycles. The number of amides is 1. The minimum absolute atomic E-state index is 0.184. The van der Waals surface area contributed by atoms with Gasteiger partial charge in [-0.05, 0) is 35.6 Å². The molecule has 0 aliphatic carbocycles. The van der Waals surface area contributed by atoms with Crippen molar-refractivity contribution < 1.29 is 19.8 Å². The van der Waals surface area contributed by atoms with Crippen LogP contribution in [0, 0.1) is 0 Å². The first-order valence-corrected chi connectivity index (χ1v) is 6.82. The second-order valence-electron chi connectivity index (χ2n) is 4.51. The van der Waals surface area contributed by atoms with Crippen LogP contribution in [0.5, 0.6) is 0 Å². The van der Waals surface area contributed by atoms with Gasteiger partial charge in [0, 0.05) is 6.61 Å². The molecule has 0 heterocycles. The van der Waals surface area contributed by atoms with Crippen LogP contribution < -0.4 is 5.73 Å². The molecule has 0 radical (unpaired) electrons. The van der Waals surface area contributed by atoms with Crippen LogP contribution in [0.2, 0.25) is 0 Å². The Hall–Kier alpha value is -2.66. The topological polar surface area (TPSA) is 101 Å². The van der Waals surface area contributed by atoms with E-state index in [4.69, 9.17) is 15.0 Å². The first-order valence-electron chi connectivity index (χ1n) is 6.82. The summed E-state index contributed by atoms with van der Waals surface area (Å²) in [6.07, 6.45) is 1.82. The van der Waals surface area contributed by atoms with Crippen molar-refractivity contribution in [2.24, 2.45) is 5.73 Å². The Morgan fingerprint density at radius 2 is 1.68 bits per heavy atom. The molecule has 0 saturated carbocycles. The summed E-state index contributed by atoms with van der Waals surface area (Å²) in [4.78, 5) is 19.8. The zero-order valence-electron chi connectivity index (χ0n) is 12.1. The Morgan fingerprint density at radius 1 is 1.09 bits per heavy atom. The van der Waals surface area contributed by atoms with Crippen LogP contribution in [0.25, 0.3) is 11.1 Å². The highest BCUT2D eigenvalue weighted by Crippen LogP contribution is 2.24. The Kier molecular flexibility index (Phi) is 7.36. The molecule has 0 bridgehead atoms. The average molecular weight is 301 g/mol. The molecule has 22 heavy (non-hydrogen) atoms. The van der Waals surface area contributed by atoms with Crippen molar-refractivity contribution in [3.8, 4) is 11.1 Å². The fraction of sp³-hybridized carbons (Fsp3) is 0.176. The Bertz CT molecular complexity index is 608. The second-order valence-corrected chi connectivity index (χ2v) is 4.51. The number of nitrogens with two attached hydrogens (primary N) is 1. The number of carboxylic acid groups (broad SMARTS) is 1. The summed E-state index contributed by atoms with van der Waals surface area (Å²) in [6, 6.07) is 14.8. The largest absolute Gasteiger partial charge is 0.478 e. The van der Waals surface area contributed by atoms with E-state index in [0.717, 1.165) is 29.5 Å². The van der Waals surface area contributed by atoms with Crippen molar-refractivity contribution >= 4 is 12.4 Å². The highest BCUT2D eigenvalue weighted by Gasteiger charge is 2.10. The van der Waals surface area contributed by atoms with Gasteiger partial charge in [0.25, 0.3) is 0 Å². The predicted octanol–water partition coefficient (Wildman–Crippen LogP) is 2.08. The van der Waals surface area contributed by atoms with Crippen LogP contribution in [0.3, 0.4) is 0 Å². The van der Waals surface area contributed by atoms with Gasteiger partial charge in [0.15, 0.2) is 0 Å². The first kappa shape index (κ1) is 17.4. The van der Waals surface area contributed by atoms with E-state index >= 15 is 0 Å². The van der Waals surface area contributed by atoms with Crippen molar-refractivity contribution in [3.05, 3.63) is 59.7 Å². The van der Waals surface area contributed by atoms with Crippen LogP contribution in [0.15, 0.2) is 48.5 Å². The zero-order chi connectivity index (χ0) is 16.4. The van der Waals surface area contributed by atoms with Crippen molar-refractivity contribution in [3.63, 3.8) is 0 Å². The van der Waals surface area contributed by atoms with E-state index in [0.29, 0.717) is 5.56 Å². The summed E-state index contributed by atoms with van der Waals surface area (Å²) in [5.74, 6) is -0.917. The number of aryl methyl sites for hydroxylation is 1. The van der Waals surface area contributed by atoms with Gasteiger partial charge in [-0.2, -0.15) is 0 Å². The zero-order valence-corrected chi connectivity index (χ0v) is 12.1. The molecule has 5 nitrogen and oxygen atoms in total. The molecule has 0 aliphatic heterocycles. The third-order valence-electron chi connectivity index (χ3n) is 3.05. The number of primary amides is 1. The summed E-state index contributed by atoms with van der Waals surface area (Å²) < 4.78 is 0. The third kappa shape index (κ3) is 5.03. The van der Waals surface area contributed by atoms with Crippen LogP contribution >= 0.6 is 0 Å². The number of aliphatic hydroxyl groups excluding tert-OH is 1. The van der Waals surface area contributed by atoms with Crippen LogP contribution in [-0.4, -0.2) is 29.2 Å². The van der Waals surface area contributed by atoms with E-state index < -0.39 is 5.97 Å². The van der Waals surface area contributed by atoms with E-state index in [1.54, 1.807) is 12.1 Å². The molecule has 1 amide bonds. The SMILES string of the molecule is NC=O.O=C(O)c1ccccc1-c1ccc(CCCO)cc1. The van der Waals surface area contributed by atoms with E-state index in [-0.39, 0.29) is 13.0 Å². The lowest BCUT2D eigenvalue weighted by molar-refractivity contribution is -0.106. The predicted molar refractivity (Wildman–Crippen MR) is 84.5 cm³/mol. The lowest BCUT2D eigenvalue weighted by atomic mass is 9.98. The summed E-state index contributed by atoms with van der Waals surface area (Å²) in [7, 11) is 0. The molecule has 2 rings (SSSR count). The van der Waals surface area contributed by atoms with Gasteiger partial charge in [0.05, 0.1) is 5.56 Å². The fourth-order valence-corrected chi connectivity index (χ4v) is 2.06. The molecule has 0 aromatic heterocycles. The highest BCUT2D eigenvalue weighted by atomic mass is 16.4. The molecule has 4 N–H and O–H groups in total. The Morgan fingerprint density at radius 3 is 2.23 bits per heavy atom. The number of hydrogen-bond acceptors (Lipinski definition) is 3. The number of benzene rings is 2. The molecule has 0 spiro atoms. The summed E-state index contributed by atoms with van der Waals surface area (Å²) in [5, 5.41) is 18.0. The Balaban J connectivity index is 0.000000745. The van der Waals surface area contributed by atoms with E-state index in [2.05, 4.69) is 5.73 Å². The molecule has 0 unspecified atom stereocenters. The standard InChI is InChI=1S/C16H16O3.CH3NO/c17-11-3-4-12-7-9-13(10-8-12)14-5-1-2-6-15(14)16(18)19;2-1-3/h1-2,5-10,17H,3-4,11H2,(H,18,19);1H,(H2,2,3). The highest BCUT2D eigenvalue weighted by molar-refractivity contribution is 5.95. The molecular weight excluding hydrogens is 282 g/mol.